The van der Waals surface area contributed by atoms with E-state index in [1.165, 1.54) is 0 Å². The van der Waals surface area contributed by atoms with Crippen LogP contribution >= 0.6 is 0 Å². The molecular weight excluding hydrogens is 224 g/mol. The van der Waals surface area contributed by atoms with Crippen LogP contribution in [-0.4, -0.2) is 4.55 Å². The molecule has 0 saturated heterocycles. The summed E-state index contributed by atoms with van der Waals surface area (Å²) in [6.45, 7) is 0. The Morgan fingerprint density at radius 2 is 1.07 bits per heavy atom. The van der Waals surface area contributed by atoms with Crippen molar-refractivity contribution in [3.63, 3.8) is 0 Å². The third-order valence-corrected chi connectivity index (χ3v) is 5.47. The molecule has 0 aliphatic rings. The summed E-state index contributed by atoms with van der Waals surface area (Å²) in [5, 5.41) is 0. The van der Waals surface area contributed by atoms with Crippen molar-refractivity contribution in [1.82, 2.24) is 0 Å². The van der Waals surface area contributed by atoms with Crippen molar-refractivity contribution < 1.29 is 4.55 Å². The number of hydrogen-bond donors (Lipinski definition) is 2. The zero-order valence-corrected chi connectivity index (χ0v) is 9.79. The Labute approximate surface area is 95.2 Å². The summed E-state index contributed by atoms with van der Waals surface area (Å²) in [5.74, 6) is 0. The second-order valence-electron chi connectivity index (χ2n) is 3.25. The summed E-state index contributed by atoms with van der Waals surface area (Å²) in [6, 6.07) is 19.0. The van der Waals surface area contributed by atoms with Crippen LogP contribution in [0.1, 0.15) is 0 Å². The standard InChI is InChI=1S/C12H12OS2/c13-15(14,11-7-3-1-4-8-11)12-9-5-2-6-10-12/h1-10,15H,(H,13,14). The highest BCUT2D eigenvalue weighted by Crippen LogP contribution is 2.25. The lowest BCUT2D eigenvalue weighted by Crippen LogP contribution is -2.09. The maximum atomic E-state index is 10.4. The van der Waals surface area contributed by atoms with Gasteiger partial charge in [0.1, 0.15) is 0 Å². The lowest BCUT2D eigenvalue weighted by molar-refractivity contribution is 0.636. The quantitative estimate of drug-likeness (QED) is 0.782. The van der Waals surface area contributed by atoms with Gasteiger partial charge < -0.3 is 4.55 Å². The molecule has 0 amide bonds. The van der Waals surface area contributed by atoms with E-state index in [4.69, 9.17) is 11.2 Å². The van der Waals surface area contributed by atoms with Crippen LogP contribution in [0.3, 0.4) is 0 Å². The van der Waals surface area contributed by atoms with Gasteiger partial charge in [-0.1, -0.05) is 45.3 Å². The Morgan fingerprint density at radius 1 is 0.733 bits per heavy atom. The minimum Gasteiger partial charge on any atom is -0.342 e. The van der Waals surface area contributed by atoms with Crippen LogP contribution in [-0.2, 0) is 20.1 Å². The average molecular weight is 236 g/mol. The molecule has 0 aromatic heterocycles. The summed E-state index contributed by atoms with van der Waals surface area (Å²) in [4.78, 5) is 1.68. The largest absolute Gasteiger partial charge is 0.342 e. The molecule has 3 heteroatoms. The first kappa shape index (κ1) is 10.5. The van der Waals surface area contributed by atoms with Crippen molar-refractivity contribution in [2.24, 2.45) is 0 Å². The predicted octanol–water partition coefficient (Wildman–Crippen LogP) is 2.93. The van der Waals surface area contributed by atoms with Gasteiger partial charge in [-0.25, -0.2) is 0 Å². The van der Waals surface area contributed by atoms with Crippen molar-refractivity contribution in [1.29, 1.82) is 0 Å². The summed E-state index contributed by atoms with van der Waals surface area (Å²) < 4.78 is 10.4. The van der Waals surface area contributed by atoms with Crippen LogP contribution in [0.25, 0.3) is 0 Å². The Bertz CT molecular complexity index is 436. The average Bonchev–Trinajstić information content (AvgIpc) is 2.31. The second kappa shape index (κ2) is 4.23. The zero-order valence-electron chi connectivity index (χ0n) is 8.08. The lowest BCUT2D eigenvalue weighted by atomic mass is 10.4. The Morgan fingerprint density at radius 3 is 1.40 bits per heavy atom. The monoisotopic (exact) mass is 236 g/mol. The Hall–Kier alpha value is -1.03. The summed E-state index contributed by atoms with van der Waals surface area (Å²) in [5.41, 5.74) is 0. The fourth-order valence-corrected chi connectivity index (χ4v) is 3.59. The molecule has 0 heterocycles. The third-order valence-electron chi connectivity index (χ3n) is 2.21. The number of thiol groups is 1. The maximum absolute atomic E-state index is 10.4. The molecule has 0 radical (unpaired) electrons. The van der Waals surface area contributed by atoms with E-state index in [-0.39, 0.29) is 0 Å². The minimum absolute atomic E-state index is 0.839. The molecule has 0 aliphatic carbocycles. The van der Waals surface area contributed by atoms with Gasteiger partial charge in [-0.3, -0.25) is 0 Å². The second-order valence-corrected chi connectivity index (χ2v) is 7.02. The molecule has 15 heavy (non-hydrogen) atoms. The highest BCUT2D eigenvalue weighted by Gasteiger charge is 2.11. The van der Waals surface area contributed by atoms with E-state index >= 15 is 0 Å². The van der Waals surface area contributed by atoms with Crippen LogP contribution in [0.15, 0.2) is 70.5 Å². The van der Waals surface area contributed by atoms with E-state index in [0.717, 1.165) is 9.79 Å². The van der Waals surface area contributed by atoms with Crippen LogP contribution in [0.4, 0.5) is 0 Å². The molecule has 0 unspecified atom stereocenters. The minimum atomic E-state index is -2.56. The Kier molecular flexibility index (Phi) is 2.95. The van der Waals surface area contributed by atoms with Crippen LogP contribution in [0.2, 0.25) is 0 Å². The highest BCUT2D eigenvalue weighted by molar-refractivity contribution is 8.37. The molecule has 2 aromatic rings. The van der Waals surface area contributed by atoms with Gasteiger partial charge in [0.15, 0.2) is 0 Å². The van der Waals surface area contributed by atoms with Crippen molar-refractivity contribution in [2.45, 2.75) is 9.79 Å². The first-order chi connectivity index (χ1) is 7.21. The number of rotatable bonds is 2. The molecule has 0 bridgehead atoms. The molecule has 0 spiro atoms. The molecule has 0 aliphatic heterocycles. The van der Waals surface area contributed by atoms with E-state index < -0.39 is 8.87 Å². The molecule has 2 aromatic carbocycles. The van der Waals surface area contributed by atoms with Gasteiger partial charge >= 0.3 is 0 Å². The van der Waals surface area contributed by atoms with Gasteiger partial charge in [-0.15, -0.1) is 0 Å². The van der Waals surface area contributed by atoms with Crippen molar-refractivity contribution >= 4 is 20.1 Å². The molecular formula is C12H12OS2. The van der Waals surface area contributed by atoms with E-state index in [1.807, 2.05) is 60.7 Å². The topological polar surface area (TPSA) is 20.2 Å². The third kappa shape index (κ3) is 2.15. The van der Waals surface area contributed by atoms with Gasteiger partial charge in [0, 0.05) is 9.79 Å². The zero-order chi connectivity index (χ0) is 10.7. The van der Waals surface area contributed by atoms with E-state index in [2.05, 4.69) is 0 Å². The predicted molar refractivity (Wildman–Crippen MR) is 68.2 cm³/mol. The fraction of sp³-hybridized carbons (Fsp3) is 0. The first-order valence-corrected chi connectivity index (χ1v) is 7.41. The molecule has 0 saturated carbocycles. The van der Waals surface area contributed by atoms with E-state index in [1.54, 1.807) is 0 Å². The molecule has 2 rings (SSSR count). The lowest BCUT2D eigenvalue weighted by Gasteiger charge is -2.21. The van der Waals surface area contributed by atoms with Crippen LogP contribution in [0.5, 0.6) is 0 Å². The summed E-state index contributed by atoms with van der Waals surface area (Å²) in [7, 11) is -2.56. The summed E-state index contributed by atoms with van der Waals surface area (Å²) >= 11 is 5.34. The number of benzene rings is 2. The molecule has 0 atom stereocenters. The maximum Gasteiger partial charge on any atom is 0.0176 e. The van der Waals surface area contributed by atoms with Crippen molar-refractivity contribution in [2.75, 3.05) is 0 Å². The highest BCUT2D eigenvalue weighted by atomic mass is 32.9. The van der Waals surface area contributed by atoms with E-state index in [0.29, 0.717) is 0 Å². The summed E-state index contributed by atoms with van der Waals surface area (Å²) in [6.07, 6.45) is 0. The molecule has 0 fully saturated rings. The van der Waals surface area contributed by atoms with Gasteiger partial charge in [0.25, 0.3) is 0 Å². The van der Waals surface area contributed by atoms with Gasteiger partial charge in [0.2, 0.25) is 0 Å². The van der Waals surface area contributed by atoms with Gasteiger partial charge in [-0.05, 0) is 35.5 Å². The normalized spacial score (nSPS) is 12.3. The fourth-order valence-electron chi connectivity index (χ4n) is 1.41. The Balaban J connectivity index is 2.50. The van der Waals surface area contributed by atoms with Crippen LogP contribution < -0.4 is 0 Å². The van der Waals surface area contributed by atoms with Crippen LogP contribution in [0, 0.1) is 0 Å². The van der Waals surface area contributed by atoms with Crippen molar-refractivity contribution in [3.05, 3.63) is 60.7 Å². The smallest absolute Gasteiger partial charge is 0.0176 e. The molecule has 78 valence electrons. The first-order valence-electron chi connectivity index (χ1n) is 4.65. The van der Waals surface area contributed by atoms with E-state index in [9.17, 15) is 4.55 Å². The van der Waals surface area contributed by atoms with Gasteiger partial charge in [-0.2, -0.15) is 0 Å². The van der Waals surface area contributed by atoms with Crippen molar-refractivity contribution in [3.8, 4) is 0 Å². The molecule has 1 nitrogen and oxygen atoms in total. The molecule has 1 N–H and O–H groups in total. The number of hydrogen-bond acceptors (Lipinski definition) is 1. The van der Waals surface area contributed by atoms with Gasteiger partial charge in [0.05, 0.1) is 0 Å². The SMILES string of the molecule is O[SH](=S)(c1ccccc1)c1ccccc1.